The summed E-state index contributed by atoms with van der Waals surface area (Å²) in [5.41, 5.74) is 1.59. The first kappa shape index (κ1) is 19.8. The lowest BCUT2D eigenvalue weighted by atomic mass is 10.1. The highest BCUT2D eigenvalue weighted by Gasteiger charge is 2.33. The van der Waals surface area contributed by atoms with Gasteiger partial charge >= 0.3 is 6.09 Å². The lowest BCUT2D eigenvalue weighted by molar-refractivity contribution is -0.384. The number of benzene rings is 2. The van der Waals surface area contributed by atoms with E-state index in [0.29, 0.717) is 13.0 Å². The molecule has 0 unspecified atom stereocenters. The highest BCUT2D eigenvalue weighted by atomic mass is 19.1. The molecule has 7 nitrogen and oxygen atoms in total. The molecular weight excluding hydrogens is 367 g/mol. The second-order valence-corrected chi connectivity index (χ2v) is 6.56. The maximum absolute atomic E-state index is 14.4. The van der Waals surface area contributed by atoms with Crippen molar-refractivity contribution in [3.05, 3.63) is 75.8 Å². The van der Waals surface area contributed by atoms with E-state index in [1.807, 2.05) is 30.3 Å². The maximum Gasteiger partial charge on any atom is 0.410 e. The van der Waals surface area contributed by atoms with E-state index >= 15 is 0 Å². The summed E-state index contributed by atoms with van der Waals surface area (Å²) in [5.74, 6) is 0. The van der Waals surface area contributed by atoms with Gasteiger partial charge in [0.1, 0.15) is 12.8 Å². The molecule has 8 heteroatoms. The number of piperidine rings is 1. The molecule has 0 aliphatic carbocycles. The number of amides is 1. The minimum atomic E-state index is -1.32. The van der Waals surface area contributed by atoms with Crippen LogP contribution in [0.5, 0.6) is 0 Å². The van der Waals surface area contributed by atoms with Crippen molar-refractivity contribution in [2.75, 3.05) is 13.1 Å². The Morgan fingerprint density at radius 2 is 1.79 bits per heavy atom. The fourth-order valence-electron chi connectivity index (χ4n) is 2.96. The van der Waals surface area contributed by atoms with Gasteiger partial charge in [-0.2, -0.15) is 0 Å². The van der Waals surface area contributed by atoms with E-state index in [1.54, 1.807) is 12.1 Å². The van der Waals surface area contributed by atoms with Crippen LogP contribution in [0.15, 0.2) is 54.6 Å². The molecule has 2 atom stereocenters. The summed E-state index contributed by atoms with van der Waals surface area (Å²) in [6.07, 6.45) is -2.14. The summed E-state index contributed by atoms with van der Waals surface area (Å²) >= 11 is 0. The number of non-ortho nitro benzene ring substituents is 1. The zero-order valence-corrected chi connectivity index (χ0v) is 15.2. The molecule has 0 saturated carbocycles. The number of carbonyl (C=O) groups excluding carboxylic acids is 1. The number of hydrogen-bond acceptors (Lipinski definition) is 5. The third kappa shape index (κ3) is 5.26. The van der Waals surface area contributed by atoms with E-state index in [9.17, 15) is 19.3 Å². The van der Waals surface area contributed by atoms with Crippen molar-refractivity contribution in [1.29, 1.82) is 0 Å². The van der Waals surface area contributed by atoms with E-state index in [0.717, 1.165) is 11.1 Å². The topological polar surface area (TPSA) is 81.9 Å². The first-order valence-corrected chi connectivity index (χ1v) is 8.97. The molecule has 0 spiro atoms. The molecule has 148 valence electrons. The standard InChI is InChI=1S/C20H21FN2O5/c21-18-12-22(20(24)28-14-15-4-2-1-3-5-15)11-10-19(18)27-13-16-6-8-17(9-7-16)23(25)26/h1-9,18-19H,10-14H2/t18-,19-/m0/s1. The Labute approximate surface area is 161 Å². The summed E-state index contributed by atoms with van der Waals surface area (Å²) in [5, 5.41) is 10.7. The number of nitrogens with zero attached hydrogens (tertiary/aromatic N) is 2. The van der Waals surface area contributed by atoms with Gasteiger partial charge in [0.25, 0.3) is 5.69 Å². The monoisotopic (exact) mass is 388 g/mol. The van der Waals surface area contributed by atoms with Gasteiger partial charge in [-0.3, -0.25) is 10.1 Å². The zero-order chi connectivity index (χ0) is 19.9. The number of rotatable bonds is 6. The van der Waals surface area contributed by atoms with Crippen molar-refractivity contribution in [3.8, 4) is 0 Å². The van der Waals surface area contributed by atoms with Gasteiger partial charge in [-0.15, -0.1) is 0 Å². The van der Waals surface area contributed by atoms with Crippen LogP contribution in [0.25, 0.3) is 0 Å². The third-order valence-corrected chi connectivity index (χ3v) is 4.56. The van der Waals surface area contributed by atoms with Gasteiger partial charge in [-0.05, 0) is 29.7 Å². The minimum absolute atomic E-state index is 0.00515. The SMILES string of the molecule is O=C(OCc1ccccc1)N1CC[C@H](OCc2ccc([N+](=O)[O-])cc2)[C@@H](F)C1. The van der Waals surface area contributed by atoms with Crippen LogP contribution in [0, 0.1) is 10.1 Å². The van der Waals surface area contributed by atoms with Gasteiger partial charge in [0.15, 0.2) is 0 Å². The summed E-state index contributed by atoms with van der Waals surface area (Å²) in [7, 11) is 0. The molecule has 1 saturated heterocycles. The van der Waals surface area contributed by atoms with Crippen LogP contribution in [0.4, 0.5) is 14.9 Å². The number of hydrogen-bond donors (Lipinski definition) is 0. The van der Waals surface area contributed by atoms with Crippen molar-refractivity contribution < 1.29 is 23.6 Å². The van der Waals surface area contributed by atoms with Crippen LogP contribution in [-0.4, -0.2) is 41.3 Å². The summed E-state index contributed by atoms with van der Waals surface area (Å²) in [6.45, 7) is 0.562. The number of alkyl halides is 1. The van der Waals surface area contributed by atoms with Crippen LogP contribution >= 0.6 is 0 Å². The van der Waals surface area contributed by atoms with Gasteiger partial charge in [0.05, 0.1) is 24.2 Å². The lowest BCUT2D eigenvalue weighted by Crippen LogP contribution is -2.48. The van der Waals surface area contributed by atoms with Gasteiger partial charge in [-0.25, -0.2) is 9.18 Å². The van der Waals surface area contributed by atoms with Crippen LogP contribution in [0.2, 0.25) is 0 Å². The number of nitro groups is 1. The van der Waals surface area contributed by atoms with Crippen molar-refractivity contribution in [2.24, 2.45) is 0 Å². The quantitative estimate of drug-likeness (QED) is 0.554. The number of carbonyl (C=O) groups is 1. The molecule has 28 heavy (non-hydrogen) atoms. The van der Waals surface area contributed by atoms with Gasteiger partial charge in [0, 0.05) is 18.7 Å². The molecule has 0 aromatic heterocycles. The van der Waals surface area contributed by atoms with Gasteiger partial charge in [0.2, 0.25) is 0 Å². The highest BCUT2D eigenvalue weighted by molar-refractivity contribution is 5.67. The maximum atomic E-state index is 14.4. The Hall–Kier alpha value is -3.00. The van der Waals surface area contributed by atoms with E-state index in [1.165, 1.54) is 17.0 Å². The average molecular weight is 388 g/mol. The van der Waals surface area contributed by atoms with Crippen molar-refractivity contribution in [2.45, 2.75) is 31.9 Å². The van der Waals surface area contributed by atoms with E-state index in [2.05, 4.69) is 0 Å². The van der Waals surface area contributed by atoms with Crippen LogP contribution in [0.1, 0.15) is 17.5 Å². The van der Waals surface area contributed by atoms with Crippen molar-refractivity contribution in [1.82, 2.24) is 4.90 Å². The zero-order valence-electron chi connectivity index (χ0n) is 15.2. The molecule has 1 fully saturated rings. The molecule has 2 aromatic rings. The second-order valence-electron chi connectivity index (χ2n) is 6.56. The molecule has 1 heterocycles. The molecule has 0 N–H and O–H groups in total. The largest absolute Gasteiger partial charge is 0.445 e. The molecule has 3 rings (SSSR count). The Balaban J connectivity index is 1.44. The van der Waals surface area contributed by atoms with Crippen LogP contribution in [0.3, 0.4) is 0 Å². The number of halogens is 1. The average Bonchev–Trinajstić information content (AvgIpc) is 2.72. The Bertz CT molecular complexity index is 800. The number of nitro benzene ring substituents is 1. The molecule has 0 radical (unpaired) electrons. The molecular formula is C20H21FN2O5. The molecule has 1 aliphatic heterocycles. The minimum Gasteiger partial charge on any atom is -0.445 e. The summed E-state index contributed by atoms with van der Waals surface area (Å²) in [6, 6.07) is 15.2. The third-order valence-electron chi connectivity index (χ3n) is 4.56. The first-order valence-electron chi connectivity index (χ1n) is 8.97. The van der Waals surface area contributed by atoms with E-state index in [-0.39, 0.29) is 25.4 Å². The normalized spacial score (nSPS) is 19.2. The fraction of sp³-hybridized carbons (Fsp3) is 0.350. The smallest absolute Gasteiger partial charge is 0.410 e. The highest BCUT2D eigenvalue weighted by Crippen LogP contribution is 2.21. The second kappa shape index (κ2) is 9.27. The fourth-order valence-corrected chi connectivity index (χ4v) is 2.96. The molecule has 2 aromatic carbocycles. The van der Waals surface area contributed by atoms with Gasteiger partial charge < -0.3 is 14.4 Å². The van der Waals surface area contributed by atoms with E-state index in [4.69, 9.17) is 9.47 Å². The Morgan fingerprint density at radius 1 is 1.11 bits per heavy atom. The summed E-state index contributed by atoms with van der Waals surface area (Å²) < 4.78 is 25.3. The van der Waals surface area contributed by atoms with Crippen LogP contribution in [-0.2, 0) is 22.7 Å². The summed E-state index contributed by atoms with van der Waals surface area (Å²) in [4.78, 5) is 23.7. The molecule has 0 bridgehead atoms. The predicted octanol–water partition coefficient (Wildman–Crippen LogP) is 3.86. The van der Waals surface area contributed by atoms with E-state index < -0.39 is 23.3 Å². The number of ether oxygens (including phenoxy) is 2. The Kier molecular flexibility index (Phi) is 6.54. The molecule has 1 amide bonds. The first-order chi connectivity index (χ1) is 13.5. The lowest BCUT2D eigenvalue weighted by Gasteiger charge is -2.33. The van der Waals surface area contributed by atoms with Crippen LogP contribution < -0.4 is 0 Å². The van der Waals surface area contributed by atoms with Crippen molar-refractivity contribution >= 4 is 11.8 Å². The van der Waals surface area contributed by atoms with Gasteiger partial charge in [-0.1, -0.05) is 30.3 Å². The number of likely N-dealkylation sites (tertiary alicyclic amines) is 1. The molecule has 1 aliphatic rings. The van der Waals surface area contributed by atoms with Crippen molar-refractivity contribution in [3.63, 3.8) is 0 Å². The predicted molar refractivity (Wildman–Crippen MR) is 99.4 cm³/mol. The Morgan fingerprint density at radius 3 is 2.43 bits per heavy atom.